The van der Waals surface area contributed by atoms with Crippen LogP contribution in [0.15, 0.2) is 42.6 Å². The summed E-state index contributed by atoms with van der Waals surface area (Å²) in [6, 6.07) is 11.9. The third kappa shape index (κ3) is 4.48. The Balaban J connectivity index is 1.56. The third-order valence-electron chi connectivity index (χ3n) is 4.17. The Kier molecular flexibility index (Phi) is 5.50. The Morgan fingerprint density at radius 3 is 2.96 bits per heavy atom. The van der Waals surface area contributed by atoms with Crippen LogP contribution in [0.3, 0.4) is 0 Å². The zero-order valence-corrected chi connectivity index (χ0v) is 14.7. The second kappa shape index (κ2) is 7.98. The Bertz CT molecular complexity index is 733. The van der Waals surface area contributed by atoms with E-state index in [9.17, 15) is 4.79 Å². The van der Waals surface area contributed by atoms with Crippen LogP contribution in [0, 0.1) is 0 Å². The van der Waals surface area contributed by atoms with Crippen LogP contribution in [-0.4, -0.2) is 49.6 Å². The normalized spacial score (nSPS) is 14.2. The van der Waals surface area contributed by atoms with Crippen molar-refractivity contribution in [2.24, 2.45) is 0 Å². The topological polar surface area (TPSA) is 57.7 Å². The molecule has 0 saturated heterocycles. The van der Waals surface area contributed by atoms with E-state index in [1.165, 1.54) is 0 Å². The van der Waals surface area contributed by atoms with Crippen LogP contribution in [0.5, 0.6) is 5.75 Å². The molecule has 2 heterocycles. The summed E-state index contributed by atoms with van der Waals surface area (Å²) in [6.07, 6.45) is 1.76. The highest BCUT2D eigenvalue weighted by atomic mass is 16.5. The molecule has 1 amide bonds. The van der Waals surface area contributed by atoms with E-state index in [1.807, 2.05) is 55.4 Å². The van der Waals surface area contributed by atoms with Gasteiger partial charge < -0.3 is 15.0 Å². The first-order chi connectivity index (χ1) is 12.1. The fraction of sp³-hybridized carbons (Fsp3) is 0.368. The van der Waals surface area contributed by atoms with Gasteiger partial charge in [0.25, 0.3) is 0 Å². The maximum Gasteiger partial charge on any atom is 0.234 e. The smallest absolute Gasteiger partial charge is 0.234 e. The number of pyridine rings is 1. The molecule has 1 aromatic carbocycles. The van der Waals surface area contributed by atoms with E-state index >= 15 is 0 Å². The molecular weight excluding hydrogens is 316 g/mol. The number of amides is 1. The number of hydrogen-bond acceptors (Lipinski definition) is 5. The highest BCUT2D eigenvalue weighted by Gasteiger charge is 2.17. The minimum Gasteiger partial charge on any atom is -0.492 e. The van der Waals surface area contributed by atoms with Crippen molar-refractivity contribution in [2.75, 3.05) is 38.7 Å². The van der Waals surface area contributed by atoms with Gasteiger partial charge in [0.1, 0.15) is 18.2 Å². The van der Waals surface area contributed by atoms with Crippen molar-refractivity contribution in [3.05, 3.63) is 53.7 Å². The highest BCUT2D eigenvalue weighted by molar-refractivity contribution is 5.78. The minimum absolute atomic E-state index is 0.00735. The molecule has 2 aromatic rings. The van der Waals surface area contributed by atoms with E-state index in [0.29, 0.717) is 19.7 Å². The zero-order chi connectivity index (χ0) is 17.6. The van der Waals surface area contributed by atoms with Crippen molar-refractivity contribution < 1.29 is 9.53 Å². The quantitative estimate of drug-likeness (QED) is 0.897. The molecule has 6 heteroatoms. The molecule has 1 aliphatic heterocycles. The number of para-hydroxylation sites is 1. The first kappa shape index (κ1) is 17.2. The lowest BCUT2D eigenvalue weighted by molar-refractivity contribution is -0.122. The summed E-state index contributed by atoms with van der Waals surface area (Å²) < 4.78 is 5.74. The van der Waals surface area contributed by atoms with E-state index in [2.05, 4.69) is 15.2 Å². The number of nitrogens with one attached hydrogen (secondary N) is 1. The Hall–Kier alpha value is -2.60. The summed E-state index contributed by atoms with van der Waals surface area (Å²) in [6.45, 7) is 2.88. The first-order valence-electron chi connectivity index (χ1n) is 8.44. The molecule has 0 spiro atoms. The fourth-order valence-electron chi connectivity index (χ4n) is 2.94. The van der Waals surface area contributed by atoms with E-state index in [0.717, 1.165) is 35.8 Å². The lowest BCUT2D eigenvalue weighted by atomic mass is 10.2. The predicted octanol–water partition coefficient (Wildman–Crippen LogP) is 1.66. The molecular formula is C19H24N4O2. The van der Waals surface area contributed by atoms with Gasteiger partial charge in [-0.3, -0.25) is 9.69 Å². The summed E-state index contributed by atoms with van der Waals surface area (Å²) in [7, 11) is 3.89. The first-order valence-corrected chi connectivity index (χ1v) is 8.44. The van der Waals surface area contributed by atoms with Gasteiger partial charge in [-0.25, -0.2) is 4.98 Å². The number of fused-ring (bicyclic) bond motifs is 1. The molecule has 6 nitrogen and oxygen atoms in total. The number of anilines is 1. The molecule has 0 saturated carbocycles. The predicted molar refractivity (Wildman–Crippen MR) is 97.6 cm³/mol. The Morgan fingerprint density at radius 1 is 1.28 bits per heavy atom. The van der Waals surface area contributed by atoms with Crippen LogP contribution in [0.2, 0.25) is 0 Å². The van der Waals surface area contributed by atoms with Crippen LogP contribution in [0.4, 0.5) is 5.82 Å². The van der Waals surface area contributed by atoms with Gasteiger partial charge in [0.15, 0.2) is 0 Å². The number of ether oxygens (including phenoxy) is 1. The summed E-state index contributed by atoms with van der Waals surface area (Å²) in [5, 5.41) is 3.00. The van der Waals surface area contributed by atoms with E-state index in [1.54, 1.807) is 6.20 Å². The lowest BCUT2D eigenvalue weighted by Gasteiger charge is -2.19. The van der Waals surface area contributed by atoms with Crippen LogP contribution < -0.4 is 15.0 Å². The van der Waals surface area contributed by atoms with Gasteiger partial charge >= 0.3 is 0 Å². The molecule has 0 aliphatic carbocycles. The number of carbonyl (C=O) groups is 1. The number of aromatic nitrogens is 1. The second-order valence-electron chi connectivity index (χ2n) is 6.32. The molecule has 0 unspecified atom stereocenters. The van der Waals surface area contributed by atoms with Crippen LogP contribution >= 0.6 is 0 Å². The number of hydrogen-bond donors (Lipinski definition) is 1. The number of nitrogens with zero attached hydrogens (tertiary/aromatic N) is 3. The largest absolute Gasteiger partial charge is 0.492 e. The summed E-state index contributed by atoms with van der Waals surface area (Å²) >= 11 is 0. The molecule has 0 fully saturated rings. The Labute approximate surface area is 148 Å². The van der Waals surface area contributed by atoms with Crippen LogP contribution in [0.1, 0.15) is 11.1 Å². The molecule has 1 aliphatic rings. The average Bonchev–Trinajstić information content (AvgIpc) is 2.81. The van der Waals surface area contributed by atoms with Gasteiger partial charge in [-0.2, -0.15) is 0 Å². The highest BCUT2D eigenvalue weighted by Crippen LogP contribution is 2.22. The zero-order valence-electron chi connectivity index (χ0n) is 14.7. The van der Waals surface area contributed by atoms with Crippen molar-refractivity contribution >= 4 is 11.7 Å². The lowest BCUT2D eigenvalue weighted by Crippen LogP contribution is -2.37. The third-order valence-corrected chi connectivity index (χ3v) is 4.17. The second-order valence-corrected chi connectivity index (χ2v) is 6.32. The Morgan fingerprint density at radius 2 is 2.12 bits per heavy atom. The maximum atomic E-state index is 12.4. The van der Waals surface area contributed by atoms with Crippen LogP contribution in [0.25, 0.3) is 0 Å². The van der Waals surface area contributed by atoms with Crippen molar-refractivity contribution in [2.45, 2.75) is 13.1 Å². The minimum atomic E-state index is 0.00735. The summed E-state index contributed by atoms with van der Waals surface area (Å²) in [5.74, 6) is 1.80. The number of rotatable bonds is 5. The van der Waals surface area contributed by atoms with Gasteiger partial charge in [0.2, 0.25) is 5.91 Å². The molecule has 3 rings (SSSR count). The molecule has 1 aromatic heterocycles. The van der Waals surface area contributed by atoms with Gasteiger partial charge in [-0.05, 0) is 12.1 Å². The van der Waals surface area contributed by atoms with Gasteiger partial charge in [-0.1, -0.05) is 24.3 Å². The molecule has 25 heavy (non-hydrogen) atoms. The molecule has 0 atom stereocenters. The number of benzene rings is 1. The van der Waals surface area contributed by atoms with Crippen molar-refractivity contribution in [3.8, 4) is 5.75 Å². The SMILES string of the molecule is CN(C)c1ncccc1CNC(=O)CN1CCOc2ccccc2C1. The standard InChI is InChI=1S/C19H24N4O2/c1-22(2)19-15(7-5-9-20-19)12-21-18(24)14-23-10-11-25-17-8-4-3-6-16(17)13-23/h3-9H,10-14H2,1-2H3,(H,21,24). The molecule has 1 N–H and O–H groups in total. The van der Waals surface area contributed by atoms with E-state index in [4.69, 9.17) is 4.74 Å². The van der Waals surface area contributed by atoms with Crippen LogP contribution in [-0.2, 0) is 17.9 Å². The maximum absolute atomic E-state index is 12.4. The monoisotopic (exact) mass is 340 g/mol. The van der Waals surface area contributed by atoms with Crippen molar-refractivity contribution in [3.63, 3.8) is 0 Å². The summed E-state index contributed by atoms with van der Waals surface area (Å²) in [4.78, 5) is 20.8. The fourth-order valence-corrected chi connectivity index (χ4v) is 2.94. The van der Waals surface area contributed by atoms with Crippen molar-refractivity contribution in [1.29, 1.82) is 0 Å². The van der Waals surface area contributed by atoms with E-state index < -0.39 is 0 Å². The molecule has 0 bridgehead atoms. The van der Waals surface area contributed by atoms with Crippen molar-refractivity contribution in [1.82, 2.24) is 15.2 Å². The van der Waals surface area contributed by atoms with Gasteiger partial charge in [-0.15, -0.1) is 0 Å². The average molecular weight is 340 g/mol. The van der Waals surface area contributed by atoms with Gasteiger partial charge in [0.05, 0.1) is 6.54 Å². The number of carbonyl (C=O) groups excluding carboxylic acids is 1. The molecule has 132 valence electrons. The summed E-state index contributed by atoms with van der Waals surface area (Å²) in [5.41, 5.74) is 2.13. The van der Waals surface area contributed by atoms with Gasteiger partial charge in [0, 0.05) is 51.1 Å². The molecule has 0 radical (unpaired) electrons. The van der Waals surface area contributed by atoms with E-state index in [-0.39, 0.29) is 5.91 Å².